The maximum absolute atomic E-state index is 11.9. The van der Waals surface area contributed by atoms with Crippen LogP contribution in [0.5, 0.6) is 0 Å². The summed E-state index contributed by atoms with van der Waals surface area (Å²) in [5, 5.41) is 9.45. The number of hydrogen-bond acceptors (Lipinski definition) is 3. The molecule has 0 unspecified atom stereocenters. The third kappa shape index (κ3) is 13.5. The van der Waals surface area contributed by atoms with Gasteiger partial charge < -0.3 is 20.7 Å². The van der Waals surface area contributed by atoms with Crippen molar-refractivity contribution in [3.8, 4) is 0 Å². The fourth-order valence-electron chi connectivity index (χ4n) is 2.23. The van der Waals surface area contributed by atoms with Crippen LogP contribution < -0.4 is 16.0 Å². The number of nitrogens with one attached hydrogen (secondary N) is 3. The van der Waals surface area contributed by atoms with Gasteiger partial charge in [0.05, 0.1) is 0 Å². The number of benzene rings is 1. The maximum atomic E-state index is 11.9. The lowest BCUT2D eigenvalue weighted by Crippen LogP contribution is -2.38. The van der Waals surface area contributed by atoms with Gasteiger partial charge >= 0.3 is 0 Å². The maximum Gasteiger partial charge on any atom is 0.251 e. The largest absolute Gasteiger partial charge is 0.381 e. The molecule has 7 heteroatoms. The van der Waals surface area contributed by atoms with E-state index >= 15 is 0 Å². The predicted octanol–water partition coefficient (Wildman–Crippen LogP) is 3.19. The molecule has 3 N–H and O–H groups in total. The zero-order valence-corrected chi connectivity index (χ0v) is 19.0. The first kappa shape index (κ1) is 25.6. The van der Waals surface area contributed by atoms with E-state index in [4.69, 9.17) is 4.74 Å². The lowest BCUT2D eigenvalue weighted by molar-refractivity contribution is 0.0953. The van der Waals surface area contributed by atoms with Crippen LogP contribution in [0.15, 0.2) is 35.3 Å². The minimum Gasteiger partial charge on any atom is -0.381 e. The Kier molecular flexibility index (Phi) is 17.1. The number of nitrogens with zero attached hydrogens (tertiary/aromatic N) is 1. The van der Waals surface area contributed by atoms with E-state index in [0.29, 0.717) is 18.7 Å². The molecular formula is C20H35IN4O2. The summed E-state index contributed by atoms with van der Waals surface area (Å²) in [5.41, 5.74) is 0.687. The normalized spacial score (nSPS) is 10.8. The molecule has 0 heterocycles. The van der Waals surface area contributed by atoms with Crippen molar-refractivity contribution >= 4 is 35.8 Å². The van der Waals surface area contributed by atoms with E-state index in [1.54, 1.807) is 0 Å². The van der Waals surface area contributed by atoms with Crippen LogP contribution >= 0.6 is 24.0 Å². The van der Waals surface area contributed by atoms with Crippen LogP contribution in [0.3, 0.4) is 0 Å². The summed E-state index contributed by atoms with van der Waals surface area (Å²) in [6.07, 6.45) is 4.05. The number of aliphatic imine (C=N–C) groups is 1. The van der Waals surface area contributed by atoms with Crippen LogP contribution in [0.25, 0.3) is 0 Å². The number of hydrogen-bond donors (Lipinski definition) is 3. The first-order valence-corrected chi connectivity index (χ1v) is 9.71. The highest BCUT2D eigenvalue weighted by molar-refractivity contribution is 14.0. The highest BCUT2D eigenvalue weighted by Gasteiger charge is 2.02. The van der Waals surface area contributed by atoms with Crippen LogP contribution in [0.2, 0.25) is 0 Å². The fraction of sp³-hybridized carbons (Fsp3) is 0.600. The molecule has 0 aliphatic carbocycles. The van der Waals surface area contributed by atoms with Gasteiger partial charge in [-0.2, -0.15) is 0 Å². The summed E-state index contributed by atoms with van der Waals surface area (Å²) in [4.78, 5) is 16.5. The van der Waals surface area contributed by atoms with E-state index < -0.39 is 0 Å². The molecule has 0 saturated heterocycles. The molecule has 154 valence electrons. The molecule has 6 nitrogen and oxygen atoms in total. The van der Waals surface area contributed by atoms with Crippen molar-refractivity contribution in [2.24, 2.45) is 4.99 Å². The van der Waals surface area contributed by atoms with Crippen LogP contribution in [0.1, 0.15) is 49.9 Å². The molecule has 0 saturated carbocycles. The van der Waals surface area contributed by atoms with Gasteiger partial charge in [0, 0.05) is 45.0 Å². The number of rotatable bonds is 13. The predicted molar refractivity (Wildman–Crippen MR) is 123 cm³/mol. The number of ether oxygens (including phenoxy) is 1. The van der Waals surface area contributed by atoms with Crippen molar-refractivity contribution in [3.63, 3.8) is 0 Å². The molecule has 0 aliphatic rings. The molecule has 0 radical (unpaired) electrons. The van der Waals surface area contributed by atoms with E-state index in [0.717, 1.165) is 51.5 Å². The summed E-state index contributed by atoms with van der Waals surface area (Å²) in [6.45, 7) is 8.77. The van der Waals surface area contributed by atoms with Gasteiger partial charge in [0.2, 0.25) is 0 Å². The van der Waals surface area contributed by atoms with Gasteiger partial charge in [-0.3, -0.25) is 9.79 Å². The van der Waals surface area contributed by atoms with E-state index in [-0.39, 0.29) is 29.9 Å². The van der Waals surface area contributed by atoms with Crippen molar-refractivity contribution in [2.45, 2.75) is 39.5 Å². The van der Waals surface area contributed by atoms with Crippen molar-refractivity contribution in [3.05, 3.63) is 35.9 Å². The molecule has 27 heavy (non-hydrogen) atoms. The SMILES string of the molecule is CCCCOCCCNC(=NCCCNC(=O)c1ccccc1)NCC.I. The van der Waals surface area contributed by atoms with Gasteiger partial charge in [-0.15, -0.1) is 24.0 Å². The van der Waals surface area contributed by atoms with Crippen molar-refractivity contribution in [1.29, 1.82) is 0 Å². The molecule has 0 aromatic heterocycles. The Morgan fingerprint density at radius 2 is 1.67 bits per heavy atom. The molecule has 1 aromatic rings. The molecule has 0 spiro atoms. The second kappa shape index (κ2) is 18.0. The van der Waals surface area contributed by atoms with Crippen molar-refractivity contribution < 1.29 is 9.53 Å². The molecular weight excluding hydrogens is 455 g/mol. The molecule has 0 aliphatic heterocycles. The Morgan fingerprint density at radius 3 is 2.37 bits per heavy atom. The highest BCUT2D eigenvalue weighted by Crippen LogP contribution is 1.97. The Morgan fingerprint density at radius 1 is 0.963 bits per heavy atom. The number of unbranched alkanes of at least 4 members (excludes halogenated alkanes) is 1. The number of carbonyl (C=O) groups is 1. The summed E-state index contributed by atoms with van der Waals surface area (Å²) >= 11 is 0. The van der Waals surface area contributed by atoms with Crippen molar-refractivity contribution in [1.82, 2.24) is 16.0 Å². The van der Waals surface area contributed by atoms with Crippen LogP contribution in [-0.4, -0.2) is 51.3 Å². The molecule has 0 bridgehead atoms. The lowest BCUT2D eigenvalue weighted by Gasteiger charge is -2.11. The van der Waals surface area contributed by atoms with E-state index in [1.165, 1.54) is 6.42 Å². The second-order valence-electron chi connectivity index (χ2n) is 5.98. The Labute approximate surface area is 181 Å². The number of guanidine groups is 1. The van der Waals surface area contributed by atoms with Crippen molar-refractivity contribution in [2.75, 3.05) is 39.4 Å². The summed E-state index contributed by atoms with van der Waals surface area (Å²) < 4.78 is 5.55. The average Bonchev–Trinajstić information content (AvgIpc) is 2.67. The van der Waals surface area contributed by atoms with E-state index in [2.05, 4.69) is 27.9 Å². The number of amides is 1. The molecule has 0 fully saturated rings. The van der Waals surface area contributed by atoms with E-state index in [1.807, 2.05) is 37.3 Å². The number of halogens is 1. The topological polar surface area (TPSA) is 74.8 Å². The quantitative estimate of drug-likeness (QED) is 0.172. The second-order valence-corrected chi connectivity index (χ2v) is 5.98. The standard InChI is InChI=1S/C20H34N4O2.HI/c1-3-5-16-26-17-10-15-24-20(21-4-2)23-14-9-13-22-19(25)18-11-7-6-8-12-18;/h6-8,11-12H,3-5,9-10,13-17H2,1-2H3,(H,22,25)(H2,21,23,24);1H. The third-order valence-electron chi connectivity index (χ3n) is 3.67. The first-order valence-electron chi connectivity index (χ1n) is 9.71. The van der Waals surface area contributed by atoms with Crippen LogP contribution in [0.4, 0.5) is 0 Å². The third-order valence-corrected chi connectivity index (χ3v) is 3.67. The smallest absolute Gasteiger partial charge is 0.251 e. The van der Waals surface area contributed by atoms with Gasteiger partial charge in [-0.25, -0.2) is 0 Å². The average molecular weight is 490 g/mol. The lowest BCUT2D eigenvalue weighted by atomic mass is 10.2. The summed E-state index contributed by atoms with van der Waals surface area (Å²) in [7, 11) is 0. The highest BCUT2D eigenvalue weighted by atomic mass is 127. The summed E-state index contributed by atoms with van der Waals surface area (Å²) in [6, 6.07) is 9.25. The zero-order valence-electron chi connectivity index (χ0n) is 16.6. The Bertz CT molecular complexity index is 512. The van der Waals surface area contributed by atoms with Crippen LogP contribution in [0, 0.1) is 0 Å². The zero-order chi connectivity index (χ0) is 18.9. The van der Waals surface area contributed by atoms with Gasteiger partial charge in [-0.1, -0.05) is 31.5 Å². The Hall–Kier alpha value is -1.35. The monoisotopic (exact) mass is 490 g/mol. The number of carbonyl (C=O) groups excluding carboxylic acids is 1. The Balaban J connectivity index is 0.00000676. The van der Waals surface area contributed by atoms with Crippen LogP contribution in [-0.2, 0) is 4.74 Å². The van der Waals surface area contributed by atoms with Gasteiger partial charge in [-0.05, 0) is 38.3 Å². The summed E-state index contributed by atoms with van der Waals surface area (Å²) in [5.74, 6) is 0.776. The van der Waals surface area contributed by atoms with E-state index in [9.17, 15) is 4.79 Å². The van der Waals surface area contributed by atoms with Gasteiger partial charge in [0.25, 0.3) is 5.91 Å². The fourth-order valence-corrected chi connectivity index (χ4v) is 2.23. The molecule has 1 amide bonds. The first-order chi connectivity index (χ1) is 12.8. The minimum atomic E-state index is -0.0392. The minimum absolute atomic E-state index is 0. The molecule has 1 rings (SSSR count). The van der Waals surface area contributed by atoms with Gasteiger partial charge in [0.15, 0.2) is 5.96 Å². The molecule has 1 aromatic carbocycles. The van der Waals surface area contributed by atoms with Gasteiger partial charge in [0.1, 0.15) is 0 Å². The molecule has 0 atom stereocenters.